The second kappa shape index (κ2) is 6.02. The first kappa shape index (κ1) is 15.3. The predicted octanol–water partition coefficient (Wildman–Crippen LogP) is 0.892. The van der Waals surface area contributed by atoms with E-state index in [0.717, 1.165) is 10.9 Å². The van der Waals surface area contributed by atoms with Crippen LogP contribution in [0.3, 0.4) is 0 Å². The molecule has 3 heterocycles. The molecule has 1 aromatic carbocycles. The van der Waals surface area contributed by atoms with Gasteiger partial charge in [0.15, 0.2) is 11.5 Å². The number of aromatic nitrogens is 6. The lowest BCUT2D eigenvalue weighted by atomic mass is 10.2. The van der Waals surface area contributed by atoms with Gasteiger partial charge >= 0.3 is 0 Å². The van der Waals surface area contributed by atoms with E-state index in [1.165, 1.54) is 0 Å². The molecule has 0 saturated heterocycles. The molecule has 0 bridgehead atoms. The molecule has 3 N–H and O–H groups in total. The van der Waals surface area contributed by atoms with Crippen LogP contribution in [-0.4, -0.2) is 36.5 Å². The molecule has 0 aliphatic carbocycles. The lowest BCUT2D eigenvalue weighted by Gasteiger charge is -2.06. The van der Waals surface area contributed by atoms with Crippen LogP contribution in [0.2, 0.25) is 0 Å². The number of anilines is 1. The van der Waals surface area contributed by atoms with Crippen molar-refractivity contribution in [2.45, 2.75) is 13.1 Å². The number of ether oxygens (including phenoxy) is 1. The van der Waals surface area contributed by atoms with Gasteiger partial charge in [0.25, 0.3) is 0 Å². The molecule has 4 aromatic rings. The summed E-state index contributed by atoms with van der Waals surface area (Å²) >= 11 is 0. The number of nitrogens with zero attached hydrogens (tertiary/aromatic N) is 6. The zero-order chi connectivity index (χ0) is 17.4. The average molecular weight is 338 g/mol. The molecule has 9 nitrogen and oxygen atoms in total. The minimum atomic E-state index is 0.276. The lowest BCUT2D eigenvalue weighted by Crippen LogP contribution is -2.13. The van der Waals surface area contributed by atoms with E-state index in [0.29, 0.717) is 35.8 Å². The molecule has 3 aromatic heterocycles. The molecular formula is C16H18N8O. The summed E-state index contributed by atoms with van der Waals surface area (Å²) in [6.45, 7) is 1.20. The number of aryl methyl sites for hydroxylation is 1. The first-order chi connectivity index (χ1) is 12.2. The summed E-state index contributed by atoms with van der Waals surface area (Å²) in [6, 6.07) is 5.67. The summed E-state index contributed by atoms with van der Waals surface area (Å²) in [5, 5.41) is 12.7. The number of benzene rings is 1. The van der Waals surface area contributed by atoms with E-state index in [2.05, 4.69) is 25.5 Å². The SMILES string of the molecule is COc1cccc2c1nc(N)n1nc(CNCc3cnn(C)c3)nc21. The third-order valence-corrected chi connectivity index (χ3v) is 3.92. The van der Waals surface area contributed by atoms with Crippen LogP contribution in [0, 0.1) is 0 Å². The minimum Gasteiger partial charge on any atom is -0.494 e. The second-order valence-corrected chi connectivity index (χ2v) is 5.72. The molecule has 9 heteroatoms. The van der Waals surface area contributed by atoms with Crippen molar-refractivity contribution in [1.29, 1.82) is 0 Å². The molecule has 0 saturated carbocycles. The van der Waals surface area contributed by atoms with E-state index in [1.807, 2.05) is 37.6 Å². The number of hydrogen-bond acceptors (Lipinski definition) is 7. The van der Waals surface area contributed by atoms with E-state index in [1.54, 1.807) is 16.3 Å². The lowest BCUT2D eigenvalue weighted by molar-refractivity contribution is 0.419. The monoisotopic (exact) mass is 338 g/mol. The van der Waals surface area contributed by atoms with Crippen molar-refractivity contribution in [2.24, 2.45) is 7.05 Å². The van der Waals surface area contributed by atoms with Crippen LogP contribution >= 0.6 is 0 Å². The van der Waals surface area contributed by atoms with Gasteiger partial charge in [0, 0.05) is 30.7 Å². The fraction of sp³-hybridized carbons (Fsp3) is 0.250. The first-order valence-electron chi connectivity index (χ1n) is 7.82. The van der Waals surface area contributed by atoms with Crippen LogP contribution in [0.1, 0.15) is 11.4 Å². The van der Waals surface area contributed by atoms with Crippen LogP contribution in [0.5, 0.6) is 5.75 Å². The number of fused-ring (bicyclic) bond motifs is 3. The van der Waals surface area contributed by atoms with Crippen LogP contribution in [0.4, 0.5) is 5.95 Å². The molecular weight excluding hydrogens is 320 g/mol. The van der Waals surface area contributed by atoms with Gasteiger partial charge in [-0.25, -0.2) is 9.97 Å². The maximum absolute atomic E-state index is 6.04. The Morgan fingerprint density at radius 3 is 2.88 bits per heavy atom. The summed E-state index contributed by atoms with van der Waals surface area (Å²) in [5.74, 6) is 1.58. The summed E-state index contributed by atoms with van der Waals surface area (Å²) in [6.07, 6.45) is 3.79. The van der Waals surface area contributed by atoms with Gasteiger partial charge in [-0.05, 0) is 12.1 Å². The zero-order valence-corrected chi connectivity index (χ0v) is 14.0. The van der Waals surface area contributed by atoms with Crippen LogP contribution in [0.25, 0.3) is 16.6 Å². The van der Waals surface area contributed by atoms with Crippen molar-refractivity contribution in [1.82, 2.24) is 34.7 Å². The van der Waals surface area contributed by atoms with Crippen molar-refractivity contribution >= 4 is 22.5 Å². The van der Waals surface area contributed by atoms with Crippen LogP contribution in [0.15, 0.2) is 30.6 Å². The molecule has 0 amide bonds. The number of para-hydroxylation sites is 1. The summed E-state index contributed by atoms with van der Waals surface area (Å²) in [4.78, 5) is 9.01. The number of rotatable bonds is 5. The fourth-order valence-corrected chi connectivity index (χ4v) is 2.79. The molecule has 4 rings (SSSR count). The number of nitrogen functional groups attached to an aromatic ring is 1. The molecule has 0 spiro atoms. The van der Waals surface area contributed by atoms with E-state index in [-0.39, 0.29) is 5.95 Å². The van der Waals surface area contributed by atoms with Crippen LogP contribution in [-0.2, 0) is 20.1 Å². The Kier molecular flexibility index (Phi) is 3.69. The van der Waals surface area contributed by atoms with Gasteiger partial charge in [0.05, 0.1) is 19.9 Å². The topological polar surface area (TPSA) is 108 Å². The third-order valence-electron chi connectivity index (χ3n) is 3.92. The van der Waals surface area contributed by atoms with E-state index in [4.69, 9.17) is 10.5 Å². The molecule has 0 atom stereocenters. The molecule has 128 valence electrons. The second-order valence-electron chi connectivity index (χ2n) is 5.72. The maximum atomic E-state index is 6.04. The van der Waals surface area contributed by atoms with Crippen molar-refractivity contribution < 1.29 is 4.74 Å². The number of nitrogens with two attached hydrogens (primary N) is 1. The Hall–Kier alpha value is -3.20. The molecule has 0 aliphatic heterocycles. The van der Waals surface area contributed by atoms with Crippen molar-refractivity contribution in [3.05, 3.63) is 42.0 Å². The Balaban J connectivity index is 1.65. The minimum absolute atomic E-state index is 0.276. The predicted molar refractivity (Wildman–Crippen MR) is 93.0 cm³/mol. The first-order valence-corrected chi connectivity index (χ1v) is 7.82. The van der Waals surface area contributed by atoms with Gasteiger partial charge in [0.2, 0.25) is 5.95 Å². The molecule has 0 aliphatic rings. The summed E-state index contributed by atoms with van der Waals surface area (Å²) in [5.41, 5.74) is 8.49. The highest BCUT2D eigenvalue weighted by Crippen LogP contribution is 2.27. The van der Waals surface area contributed by atoms with E-state index >= 15 is 0 Å². The summed E-state index contributed by atoms with van der Waals surface area (Å²) in [7, 11) is 3.50. The zero-order valence-electron chi connectivity index (χ0n) is 14.0. The number of methoxy groups -OCH3 is 1. The van der Waals surface area contributed by atoms with Gasteiger partial charge in [-0.15, -0.1) is 5.10 Å². The Morgan fingerprint density at radius 1 is 1.24 bits per heavy atom. The molecule has 0 unspecified atom stereocenters. The third kappa shape index (κ3) is 2.74. The number of nitrogens with one attached hydrogen (secondary N) is 1. The van der Waals surface area contributed by atoms with Gasteiger partial charge in [-0.2, -0.15) is 9.61 Å². The molecule has 0 fully saturated rings. The van der Waals surface area contributed by atoms with Crippen LogP contribution < -0.4 is 15.8 Å². The van der Waals surface area contributed by atoms with Gasteiger partial charge in [0.1, 0.15) is 11.3 Å². The highest BCUT2D eigenvalue weighted by molar-refractivity contribution is 5.95. The van der Waals surface area contributed by atoms with Crippen molar-refractivity contribution in [3.63, 3.8) is 0 Å². The highest BCUT2D eigenvalue weighted by atomic mass is 16.5. The standard InChI is InChI=1S/C16H18N8O/c1-23-9-10(7-19-23)6-18-8-13-20-15-11-4-3-5-12(25-2)14(11)21-16(17)24(15)22-13/h3-5,7,9,18H,6,8H2,1-2H3,(H2,17,21). The maximum Gasteiger partial charge on any atom is 0.223 e. The average Bonchev–Trinajstić information content (AvgIpc) is 3.21. The van der Waals surface area contributed by atoms with Gasteiger partial charge in [-0.3, -0.25) is 4.68 Å². The number of hydrogen-bond donors (Lipinski definition) is 2. The van der Waals surface area contributed by atoms with Crippen molar-refractivity contribution in [2.75, 3.05) is 12.8 Å². The summed E-state index contributed by atoms with van der Waals surface area (Å²) < 4.78 is 8.69. The molecule has 25 heavy (non-hydrogen) atoms. The quantitative estimate of drug-likeness (QED) is 0.556. The Bertz CT molecular complexity index is 1050. The van der Waals surface area contributed by atoms with Crippen molar-refractivity contribution in [3.8, 4) is 5.75 Å². The van der Waals surface area contributed by atoms with E-state index < -0.39 is 0 Å². The largest absolute Gasteiger partial charge is 0.494 e. The Morgan fingerprint density at radius 2 is 2.12 bits per heavy atom. The molecule has 0 radical (unpaired) electrons. The fourth-order valence-electron chi connectivity index (χ4n) is 2.79. The highest BCUT2D eigenvalue weighted by Gasteiger charge is 2.14. The van der Waals surface area contributed by atoms with Gasteiger partial charge in [-0.1, -0.05) is 6.07 Å². The van der Waals surface area contributed by atoms with E-state index in [9.17, 15) is 0 Å². The van der Waals surface area contributed by atoms with Gasteiger partial charge < -0.3 is 15.8 Å². The Labute approximate surface area is 143 Å². The normalized spacial score (nSPS) is 11.4. The smallest absolute Gasteiger partial charge is 0.223 e.